The van der Waals surface area contributed by atoms with Gasteiger partial charge in [0, 0.05) is 13.0 Å². The lowest BCUT2D eigenvalue weighted by Gasteiger charge is -2.08. The molecule has 1 aliphatic heterocycles. The summed E-state index contributed by atoms with van der Waals surface area (Å²) in [6.07, 6.45) is 0.327. The van der Waals surface area contributed by atoms with Crippen LogP contribution in [0.3, 0.4) is 0 Å². The summed E-state index contributed by atoms with van der Waals surface area (Å²) in [5.41, 5.74) is 0.914. The molecule has 1 aromatic heterocycles. The molecular formula is C13H14N2O3S. The number of carbonyl (C=O) groups is 2. The number of nitrogens with one attached hydrogen (secondary N) is 2. The third kappa shape index (κ3) is 3.34. The van der Waals surface area contributed by atoms with Crippen LogP contribution < -0.4 is 10.6 Å². The van der Waals surface area contributed by atoms with Gasteiger partial charge in [-0.1, -0.05) is 11.8 Å². The molecule has 6 heteroatoms. The molecule has 0 aromatic carbocycles. The highest BCUT2D eigenvalue weighted by molar-refractivity contribution is 7.14. The summed E-state index contributed by atoms with van der Waals surface area (Å²) in [7, 11) is 0. The maximum atomic E-state index is 12.0. The van der Waals surface area contributed by atoms with Crippen molar-refractivity contribution in [3.05, 3.63) is 21.4 Å². The summed E-state index contributed by atoms with van der Waals surface area (Å²) in [4.78, 5) is 24.4. The Morgan fingerprint density at radius 2 is 2.47 bits per heavy atom. The molecule has 2 amide bonds. The van der Waals surface area contributed by atoms with Crippen molar-refractivity contribution in [3.63, 3.8) is 0 Å². The molecule has 0 saturated carbocycles. The van der Waals surface area contributed by atoms with E-state index >= 15 is 0 Å². The molecule has 0 bridgehead atoms. The first-order chi connectivity index (χ1) is 9.10. The molecule has 2 heterocycles. The van der Waals surface area contributed by atoms with Gasteiger partial charge in [-0.15, -0.1) is 11.3 Å². The van der Waals surface area contributed by atoms with Gasteiger partial charge in [-0.3, -0.25) is 9.59 Å². The Morgan fingerprint density at radius 3 is 3.11 bits per heavy atom. The quantitative estimate of drug-likeness (QED) is 0.667. The Labute approximate surface area is 115 Å². The second kappa shape index (κ2) is 5.87. The van der Waals surface area contributed by atoms with Gasteiger partial charge in [0.25, 0.3) is 5.91 Å². The molecule has 0 radical (unpaired) electrons. The van der Waals surface area contributed by atoms with E-state index in [-0.39, 0.29) is 24.5 Å². The minimum absolute atomic E-state index is 0.0397. The summed E-state index contributed by atoms with van der Waals surface area (Å²) in [5, 5.41) is 14.1. The molecular weight excluding hydrogens is 264 g/mol. The summed E-state index contributed by atoms with van der Waals surface area (Å²) in [6, 6.07) is 1.63. The average molecular weight is 278 g/mol. The molecule has 1 aromatic rings. The number of aliphatic hydroxyl groups excluding tert-OH is 1. The molecule has 1 atom stereocenters. The van der Waals surface area contributed by atoms with Crippen molar-refractivity contribution in [2.24, 2.45) is 0 Å². The predicted octanol–water partition coefficient (Wildman–Crippen LogP) is 0.0186. The fourth-order valence-electron chi connectivity index (χ4n) is 1.80. The third-order valence-electron chi connectivity index (χ3n) is 2.74. The van der Waals surface area contributed by atoms with E-state index in [9.17, 15) is 9.59 Å². The van der Waals surface area contributed by atoms with Crippen LogP contribution in [0, 0.1) is 18.8 Å². The minimum Gasteiger partial charge on any atom is -0.384 e. The molecule has 0 spiro atoms. The Morgan fingerprint density at radius 1 is 1.68 bits per heavy atom. The van der Waals surface area contributed by atoms with Crippen LogP contribution in [0.25, 0.3) is 0 Å². The SMILES string of the molecule is Cc1cc(C(=O)NC2CNC(=O)C2)sc1C#CCO. The maximum absolute atomic E-state index is 12.0. The van der Waals surface area contributed by atoms with Gasteiger partial charge in [0.2, 0.25) is 5.91 Å². The molecule has 3 N–H and O–H groups in total. The molecule has 100 valence electrons. The van der Waals surface area contributed by atoms with E-state index < -0.39 is 0 Å². The first kappa shape index (κ1) is 13.6. The normalized spacial score (nSPS) is 17.6. The molecule has 2 rings (SSSR count). The van der Waals surface area contributed by atoms with Crippen molar-refractivity contribution < 1.29 is 14.7 Å². The lowest BCUT2D eigenvalue weighted by atomic mass is 10.2. The summed E-state index contributed by atoms with van der Waals surface area (Å²) in [5.74, 6) is 5.15. The van der Waals surface area contributed by atoms with E-state index in [1.165, 1.54) is 11.3 Å². The van der Waals surface area contributed by atoms with E-state index in [2.05, 4.69) is 22.5 Å². The van der Waals surface area contributed by atoms with Gasteiger partial charge in [-0.25, -0.2) is 0 Å². The van der Waals surface area contributed by atoms with E-state index in [0.717, 1.165) is 10.4 Å². The highest BCUT2D eigenvalue weighted by Gasteiger charge is 2.24. The van der Waals surface area contributed by atoms with Crippen LogP contribution in [0.2, 0.25) is 0 Å². The molecule has 1 fully saturated rings. The number of aryl methyl sites for hydroxylation is 1. The second-order valence-electron chi connectivity index (χ2n) is 4.26. The predicted molar refractivity (Wildman–Crippen MR) is 71.9 cm³/mol. The smallest absolute Gasteiger partial charge is 0.261 e. The zero-order valence-electron chi connectivity index (χ0n) is 10.4. The number of rotatable bonds is 2. The van der Waals surface area contributed by atoms with Gasteiger partial charge >= 0.3 is 0 Å². The van der Waals surface area contributed by atoms with E-state index in [1.54, 1.807) is 6.07 Å². The summed E-state index contributed by atoms with van der Waals surface area (Å²) >= 11 is 1.29. The first-order valence-corrected chi connectivity index (χ1v) is 6.69. The molecule has 1 aliphatic rings. The van der Waals surface area contributed by atoms with Crippen LogP contribution in [0.15, 0.2) is 6.07 Å². The first-order valence-electron chi connectivity index (χ1n) is 5.88. The van der Waals surface area contributed by atoms with Gasteiger partial charge in [-0.2, -0.15) is 0 Å². The fraction of sp³-hybridized carbons (Fsp3) is 0.385. The highest BCUT2D eigenvalue weighted by atomic mass is 32.1. The van der Waals surface area contributed by atoms with Gasteiger partial charge in [-0.05, 0) is 18.6 Å². The van der Waals surface area contributed by atoms with Crippen LogP contribution in [0.1, 0.15) is 26.5 Å². The largest absolute Gasteiger partial charge is 0.384 e. The van der Waals surface area contributed by atoms with Gasteiger partial charge < -0.3 is 15.7 Å². The van der Waals surface area contributed by atoms with Crippen molar-refractivity contribution >= 4 is 23.2 Å². The Hall–Kier alpha value is -1.84. The van der Waals surface area contributed by atoms with Crippen molar-refractivity contribution in [2.75, 3.05) is 13.2 Å². The number of carbonyl (C=O) groups excluding carboxylic acids is 2. The number of thiophene rings is 1. The van der Waals surface area contributed by atoms with Crippen molar-refractivity contribution in [3.8, 4) is 11.8 Å². The number of amides is 2. The molecule has 5 nitrogen and oxygen atoms in total. The van der Waals surface area contributed by atoms with Crippen LogP contribution in [-0.4, -0.2) is 36.1 Å². The third-order valence-corrected chi connectivity index (χ3v) is 3.89. The van der Waals surface area contributed by atoms with E-state index in [4.69, 9.17) is 5.11 Å². The van der Waals surface area contributed by atoms with E-state index in [1.807, 2.05) is 6.92 Å². The van der Waals surface area contributed by atoms with E-state index in [0.29, 0.717) is 17.8 Å². The van der Waals surface area contributed by atoms with Gasteiger partial charge in [0.05, 0.1) is 15.8 Å². The van der Waals surface area contributed by atoms with Crippen molar-refractivity contribution in [1.82, 2.24) is 10.6 Å². The van der Waals surface area contributed by atoms with Crippen LogP contribution in [-0.2, 0) is 4.79 Å². The van der Waals surface area contributed by atoms with Gasteiger partial charge in [0.1, 0.15) is 6.61 Å². The maximum Gasteiger partial charge on any atom is 0.261 e. The standard InChI is InChI=1S/C13H14N2O3S/c1-8-5-11(19-10(8)3-2-4-16)13(18)15-9-6-12(17)14-7-9/h5,9,16H,4,6-7H2,1H3,(H,14,17)(H,15,18). The lowest BCUT2D eigenvalue weighted by Crippen LogP contribution is -2.35. The zero-order chi connectivity index (χ0) is 13.8. The molecule has 0 aliphatic carbocycles. The minimum atomic E-state index is -0.200. The molecule has 1 saturated heterocycles. The summed E-state index contributed by atoms with van der Waals surface area (Å²) in [6.45, 7) is 2.15. The molecule has 19 heavy (non-hydrogen) atoms. The number of hydrogen-bond acceptors (Lipinski definition) is 4. The topological polar surface area (TPSA) is 78.4 Å². The fourth-order valence-corrected chi connectivity index (χ4v) is 2.75. The summed E-state index contributed by atoms with van der Waals surface area (Å²) < 4.78 is 0. The molecule has 1 unspecified atom stereocenters. The average Bonchev–Trinajstić information content (AvgIpc) is 2.93. The Bertz CT molecular complexity index is 568. The van der Waals surface area contributed by atoms with Crippen molar-refractivity contribution in [2.45, 2.75) is 19.4 Å². The van der Waals surface area contributed by atoms with Crippen LogP contribution in [0.4, 0.5) is 0 Å². The number of hydrogen-bond donors (Lipinski definition) is 3. The monoisotopic (exact) mass is 278 g/mol. The van der Waals surface area contributed by atoms with Gasteiger partial charge in [0.15, 0.2) is 0 Å². The Kier molecular flexibility index (Phi) is 4.20. The lowest BCUT2D eigenvalue weighted by molar-refractivity contribution is -0.119. The highest BCUT2D eigenvalue weighted by Crippen LogP contribution is 2.21. The van der Waals surface area contributed by atoms with Crippen LogP contribution in [0.5, 0.6) is 0 Å². The van der Waals surface area contributed by atoms with Crippen molar-refractivity contribution in [1.29, 1.82) is 0 Å². The number of aliphatic hydroxyl groups is 1. The van der Waals surface area contributed by atoms with Crippen LogP contribution >= 0.6 is 11.3 Å². The zero-order valence-corrected chi connectivity index (χ0v) is 11.3. The second-order valence-corrected chi connectivity index (χ2v) is 5.31. The Balaban J connectivity index is 2.05.